The molecule has 2 nitrogen and oxygen atoms in total. The molecule has 0 saturated carbocycles. The topological polar surface area (TPSA) is 20.3 Å². The van der Waals surface area contributed by atoms with E-state index in [1.54, 1.807) is 0 Å². The number of hydrogen-bond donors (Lipinski definition) is 0. The Morgan fingerprint density at radius 1 is 1.43 bits per heavy atom. The van der Waals surface area contributed by atoms with E-state index in [0.29, 0.717) is 5.78 Å². The molecule has 1 rings (SSSR count). The Hall–Kier alpha value is -0.370. The molecule has 1 saturated heterocycles. The highest BCUT2D eigenvalue weighted by Gasteiger charge is 2.30. The molecule has 84 valence electrons. The summed E-state index contributed by atoms with van der Waals surface area (Å²) < 4.78 is 0. The van der Waals surface area contributed by atoms with Crippen LogP contribution in [0.2, 0.25) is 0 Å². The zero-order valence-electron chi connectivity index (χ0n) is 10.3. The number of likely N-dealkylation sites (N-methyl/N-ethyl adjacent to an activating group) is 1. The van der Waals surface area contributed by atoms with Crippen molar-refractivity contribution in [2.24, 2.45) is 5.92 Å². The monoisotopic (exact) mass is 199 g/mol. The molecule has 0 aliphatic carbocycles. The van der Waals surface area contributed by atoms with Crippen molar-refractivity contribution in [1.82, 2.24) is 4.90 Å². The number of carbonyl (C=O) groups is 1. The van der Waals surface area contributed by atoms with E-state index in [4.69, 9.17) is 0 Å². The van der Waals surface area contributed by atoms with E-state index < -0.39 is 0 Å². The number of likely N-dealkylation sites (tertiary alicyclic amines) is 1. The van der Waals surface area contributed by atoms with Crippen molar-refractivity contribution in [2.75, 3.05) is 13.1 Å². The van der Waals surface area contributed by atoms with Crippen LogP contribution in [0.15, 0.2) is 0 Å². The highest BCUT2D eigenvalue weighted by Crippen LogP contribution is 2.19. The minimum atomic E-state index is 0.196. The summed E-state index contributed by atoms with van der Waals surface area (Å²) in [5.74, 6) is 0.622. The second-order valence-electron chi connectivity index (χ2n) is 3.84. The Kier molecular flexibility index (Phi) is 6.81. The molecule has 2 heteroatoms. The van der Waals surface area contributed by atoms with Gasteiger partial charge in [0.2, 0.25) is 0 Å². The van der Waals surface area contributed by atoms with Gasteiger partial charge in [-0.15, -0.1) is 0 Å². The molecule has 0 radical (unpaired) electrons. The molecule has 1 heterocycles. The SMILES string of the molecule is CC.CCN1CCCC1C(=O)C(C)C. The van der Waals surface area contributed by atoms with Crippen LogP contribution in [0.3, 0.4) is 0 Å². The lowest BCUT2D eigenvalue weighted by atomic mass is 10.00. The standard InChI is InChI=1S/C10H19NO.C2H6/c1-4-11-7-5-6-9(11)10(12)8(2)3;1-2/h8-9H,4-7H2,1-3H3;1-2H3. The molecule has 1 fully saturated rings. The fourth-order valence-corrected chi connectivity index (χ4v) is 1.91. The first-order chi connectivity index (χ1) is 6.66. The molecular weight excluding hydrogens is 174 g/mol. The Labute approximate surface area is 88.7 Å². The summed E-state index contributed by atoms with van der Waals surface area (Å²) in [6.07, 6.45) is 2.27. The normalized spacial score (nSPS) is 22.0. The van der Waals surface area contributed by atoms with E-state index in [0.717, 1.165) is 19.5 Å². The van der Waals surface area contributed by atoms with Crippen molar-refractivity contribution in [3.05, 3.63) is 0 Å². The van der Waals surface area contributed by atoms with Crippen molar-refractivity contribution in [1.29, 1.82) is 0 Å². The largest absolute Gasteiger partial charge is 0.298 e. The maximum atomic E-state index is 11.7. The van der Waals surface area contributed by atoms with Crippen LogP contribution >= 0.6 is 0 Å². The van der Waals surface area contributed by atoms with Gasteiger partial charge in [-0.25, -0.2) is 0 Å². The number of carbonyl (C=O) groups excluding carboxylic acids is 1. The summed E-state index contributed by atoms with van der Waals surface area (Å²) in [7, 11) is 0. The predicted molar refractivity (Wildman–Crippen MR) is 61.5 cm³/mol. The van der Waals surface area contributed by atoms with Crippen molar-refractivity contribution in [2.45, 2.75) is 53.5 Å². The third-order valence-corrected chi connectivity index (χ3v) is 2.67. The van der Waals surface area contributed by atoms with Gasteiger partial charge < -0.3 is 0 Å². The molecule has 1 aliphatic heterocycles. The van der Waals surface area contributed by atoms with E-state index in [2.05, 4.69) is 11.8 Å². The van der Waals surface area contributed by atoms with E-state index >= 15 is 0 Å². The third kappa shape index (κ3) is 3.41. The van der Waals surface area contributed by atoms with Gasteiger partial charge in [0.05, 0.1) is 6.04 Å². The predicted octanol–water partition coefficient (Wildman–Crippen LogP) is 2.72. The van der Waals surface area contributed by atoms with Crippen LogP contribution in [0.4, 0.5) is 0 Å². The minimum absolute atomic E-state index is 0.196. The van der Waals surface area contributed by atoms with Crippen LogP contribution in [-0.2, 0) is 4.79 Å². The van der Waals surface area contributed by atoms with E-state index in [9.17, 15) is 4.79 Å². The number of Topliss-reactive ketones (excluding diaryl/α,β-unsaturated/α-hetero) is 1. The molecule has 1 unspecified atom stereocenters. The van der Waals surface area contributed by atoms with Gasteiger partial charge in [0.15, 0.2) is 5.78 Å². The van der Waals surface area contributed by atoms with Gasteiger partial charge in [0.25, 0.3) is 0 Å². The van der Waals surface area contributed by atoms with Gasteiger partial charge in [-0.05, 0) is 25.9 Å². The van der Waals surface area contributed by atoms with Crippen LogP contribution in [-0.4, -0.2) is 29.8 Å². The summed E-state index contributed by atoms with van der Waals surface area (Å²) in [5.41, 5.74) is 0. The average molecular weight is 199 g/mol. The number of nitrogens with zero attached hydrogens (tertiary/aromatic N) is 1. The summed E-state index contributed by atoms with van der Waals surface area (Å²) in [4.78, 5) is 14.0. The van der Waals surface area contributed by atoms with E-state index in [1.807, 2.05) is 27.7 Å². The van der Waals surface area contributed by atoms with Gasteiger partial charge in [0, 0.05) is 5.92 Å². The lowest BCUT2D eigenvalue weighted by molar-refractivity contribution is -0.126. The second kappa shape index (κ2) is 6.99. The Morgan fingerprint density at radius 3 is 2.43 bits per heavy atom. The number of hydrogen-bond acceptors (Lipinski definition) is 2. The molecule has 0 bridgehead atoms. The highest BCUT2D eigenvalue weighted by atomic mass is 16.1. The fraction of sp³-hybridized carbons (Fsp3) is 0.917. The Morgan fingerprint density at radius 2 is 2.00 bits per heavy atom. The van der Waals surface area contributed by atoms with Crippen molar-refractivity contribution in [3.8, 4) is 0 Å². The first-order valence-electron chi connectivity index (χ1n) is 5.94. The number of rotatable bonds is 3. The quantitative estimate of drug-likeness (QED) is 0.696. The van der Waals surface area contributed by atoms with Gasteiger partial charge in [-0.3, -0.25) is 9.69 Å². The molecule has 0 N–H and O–H groups in total. The second-order valence-corrected chi connectivity index (χ2v) is 3.84. The summed E-state index contributed by atoms with van der Waals surface area (Å²) in [6, 6.07) is 0.231. The van der Waals surface area contributed by atoms with Crippen molar-refractivity contribution < 1.29 is 4.79 Å². The average Bonchev–Trinajstić information content (AvgIpc) is 2.67. The third-order valence-electron chi connectivity index (χ3n) is 2.67. The molecule has 0 aromatic heterocycles. The first-order valence-corrected chi connectivity index (χ1v) is 5.94. The van der Waals surface area contributed by atoms with E-state index in [-0.39, 0.29) is 12.0 Å². The Balaban J connectivity index is 0.000000791. The first kappa shape index (κ1) is 13.6. The summed E-state index contributed by atoms with van der Waals surface area (Å²) in [5, 5.41) is 0. The maximum absolute atomic E-state index is 11.7. The zero-order valence-corrected chi connectivity index (χ0v) is 10.3. The van der Waals surface area contributed by atoms with Crippen LogP contribution in [0.1, 0.15) is 47.5 Å². The molecular formula is C12H25NO. The maximum Gasteiger partial charge on any atom is 0.152 e. The fourth-order valence-electron chi connectivity index (χ4n) is 1.91. The van der Waals surface area contributed by atoms with Crippen LogP contribution in [0, 0.1) is 5.92 Å². The molecule has 14 heavy (non-hydrogen) atoms. The molecule has 0 aromatic carbocycles. The lowest BCUT2D eigenvalue weighted by Crippen LogP contribution is -2.37. The van der Waals surface area contributed by atoms with Gasteiger partial charge in [-0.2, -0.15) is 0 Å². The molecule has 1 atom stereocenters. The van der Waals surface area contributed by atoms with Gasteiger partial charge in [-0.1, -0.05) is 34.6 Å². The lowest BCUT2D eigenvalue weighted by Gasteiger charge is -2.22. The van der Waals surface area contributed by atoms with Gasteiger partial charge >= 0.3 is 0 Å². The van der Waals surface area contributed by atoms with Crippen molar-refractivity contribution >= 4 is 5.78 Å². The zero-order chi connectivity index (χ0) is 11.1. The molecule has 0 aromatic rings. The minimum Gasteiger partial charge on any atom is -0.298 e. The van der Waals surface area contributed by atoms with E-state index in [1.165, 1.54) is 6.42 Å². The summed E-state index contributed by atoms with van der Waals surface area (Å²) in [6.45, 7) is 12.2. The van der Waals surface area contributed by atoms with Crippen molar-refractivity contribution in [3.63, 3.8) is 0 Å². The van der Waals surface area contributed by atoms with Gasteiger partial charge in [0.1, 0.15) is 0 Å². The molecule has 1 aliphatic rings. The molecule has 0 spiro atoms. The molecule has 0 amide bonds. The van der Waals surface area contributed by atoms with Crippen LogP contribution < -0.4 is 0 Å². The smallest absolute Gasteiger partial charge is 0.152 e. The highest BCUT2D eigenvalue weighted by molar-refractivity contribution is 5.85. The Bertz CT molecular complexity index is 166. The van der Waals surface area contributed by atoms with Crippen LogP contribution in [0.5, 0.6) is 0 Å². The number of ketones is 1. The summed E-state index contributed by atoms with van der Waals surface area (Å²) >= 11 is 0. The van der Waals surface area contributed by atoms with Crippen LogP contribution in [0.25, 0.3) is 0 Å².